The third-order valence-corrected chi connectivity index (χ3v) is 2.50. The molecule has 0 aliphatic rings. The zero-order chi connectivity index (χ0) is 11.4. The average molecular weight is 233 g/mol. The van der Waals surface area contributed by atoms with Crippen LogP contribution in [0, 0.1) is 0 Å². The molecule has 1 unspecified atom stereocenters. The van der Waals surface area contributed by atoms with Gasteiger partial charge >= 0.3 is 8.25 Å². The van der Waals surface area contributed by atoms with Crippen molar-refractivity contribution in [3.05, 3.63) is 54.6 Å². The molecule has 1 N–H and O–H groups in total. The van der Waals surface area contributed by atoms with Gasteiger partial charge in [-0.1, -0.05) is 48.5 Å². The van der Waals surface area contributed by atoms with E-state index in [2.05, 4.69) is 0 Å². The minimum Gasteiger partial charge on any atom is -0.229 e. The first-order chi connectivity index (χ1) is 7.77. The molecule has 0 saturated carbocycles. The Morgan fingerprint density at radius 1 is 0.938 bits per heavy atom. The Balaban J connectivity index is 2.44. The first kappa shape index (κ1) is 10.8. The van der Waals surface area contributed by atoms with Gasteiger partial charge in [-0.3, -0.25) is 0 Å². The number of hydrogen-bond acceptors (Lipinski definition) is 2. The maximum atomic E-state index is 10.7. The van der Waals surface area contributed by atoms with Gasteiger partial charge < -0.3 is 0 Å². The Morgan fingerprint density at radius 2 is 1.56 bits per heavy atom. The van der Waals surface area contributed by atoms with E-state index in [9.17, 15) is 4.57 Å². The highest BCUT2D eigenvalue weighted by Crippen LogP contribution is 2.33. The lowest BCUT2D eigenvalue weighted by Gasteiger charge is -2.03. The van der Waals surface area contributed by atoms with Gasteiger partial charge in [0.2, 0.25) is 0 Å². The highest BCUT2D eigenvalue weighted by molar-refractivity contribution is 7.32. The molecule has 0 spiro atoms. The van der Waals surface area contributed by atoms with E-state index >= 15 is 0 Å². The van der Waals surface area contributed by atoms with Gasteiger partial charge in [0.1, 0.15) is 0 Å². The summed E-state index contributed by atoms with van der Waals surface area (Å²) in [5.41, 5.74) is 1.76. The summed E-state index contributed by atoms with van der Waals surface area (Å²) in [7, 11) is -2.63. The van der Waals surface area contributed by atoms with Crippen LogP contribution in [0.4, 0.5) is 0 Å². The second-order valence-electron chi connectivity index (χ2n) is 3.19. The summed E-state index contributed by atoms with van der Waals surface area (Å²) in [6.45, 7) is 0. The van der Waals surface area contributed by atoms with E-state index < -0.39 is 8.25 Å². The molecule has 0 heterocycles. The van der Waals surface area contributed by atoms with Gasteiger partial charge in [0, 0.05) is 10.1 Å². The quantitative estimate of drug-likeness (QED) is 0.826. The highest BCUT2D eigenvalue weighted by Gasteiger charge is 2.17. The fourth-order valence-electron chi connectivity index (χ4n) is 1.49. The first-order valence-electron chi connectivity index (χ1n) is 4.76. The molecule has 2 aromatic rings. The minimum absolute atomic E-state index is 0.414. The van der Waals surface area contributed by atoms with E-state index in [0.29, 0.717) is 5.75 Å². The van der Waals surface area contributed by atoms with E-state index in [-0.39, 0.29) is 0 Å². The van der Waals surface area contributed by atoms with Crippen molar-refractivity contribution in [1.82, 2.24) is 0 Å². The lowest BCUT2D eigenvalue weighted by molar-refractivity contribution is 0.411. The van der Waals surface area contributed by atoms with E-state index in [1.165, 1.54) is 0 Å². The van der Waals surface area contributed by atoms with Crippen molar-refractivity contribution >= 4 is 8.25 Å². The van der Waals surface area contributed by atoms with E-state index in [1.54, 1.807) is 12.1 Å². The molecule has 2 rings (SSSR count). The second-order valence-corrected chi connectivity index (χ2v) is 3.85. The predicted molar refractivity (Wildman–Crippen MR) is 62.3 cm³/mol. The zero-order valence-electron chi connectivity index (χ0n) is 8.41. The minimum atomic E-state index is -2.63. The molecule has 80 valence electrons. The molecule has 0 amide bonds. The third-order valence-electron chi connectivity index (χ3n) is 2.15. The summed E-state index contributed by atoms with van der Waals surface area (Å²) in [6.07, 6.45) is 0. The van der Waals surface area contributed by atoms with Crippen molar-refractivity contribution in [3.8, 4) is 16.9 Å². The molecular weight excluding hydrogens is 223 g/mol. The van der Waals surface area contributed by atoms with Crippen LogP contribution in [0.1, 0.15) is 0 Å². The molecule has 16 heavy (non-hydrogen) atoms. The SMILES string of the molecule is O=[P+](O)Oc1ccccc1-c1ccccc1. The molecule has 0 aliphatic carbocycles. The molecule has 1 atom stereocenters. The van der Waals surface area contributed by atoms with Crippen molar-refractivity contribution in [2.24, 2.45) is 0 Å². The fourth-order valence-corrected chi connectivity index (χ4v) is 1.81. The maximum Gasteiger partial charge on any atom is 0.747 e. The topological polar surface area (TPSA) is 46.5 Å². The molecule has 3 nitrogen and oxygen atoms in total. The predicted octanol–water partition coefficient (Wildman–Crippen LogP) is 3.38. The van der Waals surface area contributed by atoms with Crippen LogP contribution >= 0.6 is 8.25 Å². The number of hydrogen-bond donors (Lipinski definition) is 1. The highest BCUT2D eigenvalue weighted by atomic mass is 31.1. The van der Waals surface area contributed by atoms with Crippen LogP contribution in [0.5, 0.6) is 5.75 Å². The Labute approximate surface area is 94.3 Å². The van der Waals surface area contributed by atoms with Crippen LogP contribution in [0.15, 0.2) is 54.6 Å². The molecule has 0 fully saturated rings. The van der Waals surface area contributed by atoms with Gasteiger partial charge in [0.15, 0.2) is 5.75 Å². The van der Waals surface area contributed by atoms with E-state index in [0.717, 1.165) is 11.1 Å². The van der Waals surface area contributed by atoms with Crippen molar-refractivity contribution in [1.29, 1.82) is 0 Å². The smallest absolute Gasteiger partial charge is 0.229 e. The van der Waals surface area contributed by atoms with Crippen molar-refractivity contribution < 1.29 is 14.0 Å². The molecule has 0 aliphatic heterocycles. The molecule has 0 saturated heterocycles. The summed E-state index contributed by atoms with van der Waals surface area (Å²) >= 11 is 0. The largest absolute Gasteiger partial charge is 0.747 e. The maximum absolute atomic E-state index is 10.7. The lowest BCUT2D eigenvalue weighted by Crippen LogP contribution is -1.85. The molecule has 4 heteroatoms. The molecule has 0 radical (unpaired) electrons. The van der Waals surface area contributed by atoms with Crippen molar-refractivity contribution in [2.75, 3.05) is 0 Å². The third kappa shape index (κ3) is 2.45. The lowest BCUT2D eigenvalue weighted by atomic mass is 10.1. The van der Waals surface area contributed by atoms with Gasteiger partial charge in [-0.05, 0) is 11.6 Å². The van der Waals surface area contributed by atoms with Crippen LogP contribution in [0.25, 0.3) is 11.1 Å². The summed E-state index contributed by atoms with van der Waals surface area (Å²) in [5, 5.41) is 0. The summed E-state index contributed by atoms with van der Waals surface area (Å²) < 4.78 is 15.5. The van der Waals surface area contributed by atoms with E-state index in [4.69, 9.17) is 9.42 Å². The van der Waals surface area contributed by atoms with Crippen molar-refractivity contribution in [2.45, 2.75) is 0 Å². The normalized spacial score (nSPS) is 10.9. The molecule has 2 aromatic carbocycles. The van der Waals surface area contributed by atoms with Crippen molar-refractivity contribution in [3.63, 3.8) is 0 Å². The fraction of sp³-hybridized carbons (Fsp3) is 0. The zero-order valence-corrected chi connectivity index (χ0v) is 9.30. The van der Waals surface area contributed by atoms with Crippen LogP contribution in [0.2, 0.25) is 0 Å². The average Bonchev–Trinajstić information content (AvgIpc) is 2.30. The molecular formula is C12H10O3P+. The number of para-hydroxylation sites is 1. The van der Waals surface area contributed by atoms with Gasteiger partial charge in [-0.2, -0.15) is 0 Å². The Kier molecular flexibility index (Phi) is 3.30. The molecule has 0 aromatic heterocycles. The van der Waals surface area contributed by atoms with Crippen LogP contribution < -0.4 is 4.52 Å². The van der Waals surface area contributed by atoms with Gasteiger partial charge in [-0.15, -0.1) is 4.89 Å². The first-order valence-corrected chi connectivity index (χ1v) is 5.89. The van der Waals surface area contributed by atoms with Crippen LogP contribution in [-0.2, 0) is 4.57 Å². The van der Waals surface area contributed by atoms with Gasteiger partial charge in [-0.25, -0.2) is 4.52 Å². The van der Waals surface area contributed by atoms with Crippen LogP contribution in [0.3, 0.4) is 0 Å². The summed E-state index contributed by atoms with van der Waals surface area (Å²) in [6, 6.07) is 16.7. The number of rotatable bonds is 3. The van der Waals surface area contributed by atoms with Gasteiger partial charge in [0.25, 0.3) is 0 Å². The number of benzene rings is 2. The Morgan fingerprint density at radius 3 is 2.25 bits per heavy atom. The van der Waals surface area contributed by atoms with E-state index in [1.807, 2.05) is 42.5 Å². The second kappa shape index (κ2) is 4.88. The monoisotopic (exact) mass is 233 g/mol. The standard InChI is InChI=1S/C12H9O3P/c13-16(14)15-12-9-5-4-8-11(12)10-6-2-1-3-7-10/h1-9H/p+1. The Bertz CT molecular complexity index is 497. The molecule has 0 bridgehead atoms. The van der Waals surface area contributed by atoms with Gasteiger partial charge in [0.05, 0.1) is 0 Å². The Hall–Kier alpha value is -1.70. The summed E-state index contributed by atoms with van der Waals surface area (Å²) in [5.74, 6) is 0.414. The van der Waals surface area contributed by atoms with Crippen LogP contribution in [-0.4, -0.2) is 4.89 Å². The summed E-state index contributed by atoms with van der Waals surface area (Å²) in [4.78, 5) is 8.76.